The Hall–Kier alpha value is -2.89. The van der Waals surface area contributed by atoms with Gasteiger partial charge >= 0.3 is 0 Å². The fraction of sp³-hybridized carbons (Fsp3) is 0. The Morgan fingerprint density at radius 2 is 1.30 bits per heavy atom. The van der Waals surface area contributed by atoms with E-state index in [1.807, 2.05) is 0 Å². The fourth-order valence-corrected chi connectivity index (χ4v) is 2.84. The van der Waals surface area contributed by atoms with E-state index in [1.54, 1.807) is 54.6 Å². The van der Waals surface area contributed by atoms with Crippen LogP contribution in [0.15, 0.2) is 66.7 Å². The van der Waals surface area contributed by atoms with Crippen molar-refractivity contribution >= 4 is 46.4 Å². The van der Waals surface area contributed by atoms with E-state index in [4.69, 9.17) is 23.2 Å². The van der Waals surface area contributed by atoms with Gasteiger partial charge in [0, 0.05) is 5.56 Å². The zero-order chi connectivity index (χ0) is 19.4. The van der Waals surface area contributed by atoms with Gasteiger partial charge in [-0.1, -0.05) is 53.5 Å². The molecular formula is C20H13Cl2FN2O2. The molecule has 4 nitrogen and oxygen atoms in total. The van der Waals surface area contributed by atoms with Crippen LogP contribution in [0.25, 0.3) is 0 Å². The van der Waals surface area contributed by atoms with Crippen LogP contribution >= 0.6 is 23.2 Å². The molecular weight excluding hydrogens is 390 g/mol. The predicted molar refractivity (Wildman–Crippen MR) is 105 cm³/mol. The Morgan fingerprint density at radius 3 is 1.93 bits per heavy atom. The van der Waals surface area contributed by atoms with Gasteiger partial charge in [-0.15, -0.1) is 0 Å². The van der Waals surface area contributed by atoms with Gasteiger partial charge in [0.05, 0.1) is 27.0 Å². The molecule has 27 heavy (non-hydrogen) atoms. The first-order chi connectivity index (χ1) is 13.0. The van der Waals surface area contributed by atoms with Crippen LogP contribution in [0.4, 0.5) is 15.8 Å². The van der Waals surface area contributed by atoms with Gasteiger partial charge in [-0.05, 0) is 36.4 Å². The maximum absolute atomic E-state index is 13.7. The van der Waals surface area contributed by atoms with Crippen LogP contribution < -0.4 is 10.6 Å². The number of carbonyl (C=O) groups excluding carboxylic acids is 2. The summed E-state index contributed by atoms with van der Waals surface area (Å²) in [6, 6.07) is 17.4. The first-order valence-corrected chi connectivity index (χ1v) is 8.62. The molecule has 2 N–H and O–H groups in total. The van der Waals surface area contributed by atoms with E-state index < -0.39 is 11.7 Å². The van der Waals surface area contributed by atoms with Gasteiger partial charge in [0.2, 0.25) is 0 Å². The summed E-state index contributed by atoms with van der Waals surface area (Å²) < 4.78 is 13.7. The van der Waals surface area contributed by atoms with Gasteiger partial charge in [-0.3, -0.25) is 9.59 Å². The first-order valence-electron chi connectivity index (χ1n) is 7.87. The second-order valence-electron chi connectivity index (χ2n) is 5.57. The third kappa shape index (κ3) is 4.45. The van der Waals surface area contributed by atoms with Crippen LogP contribution in [0.5, 0.6) is 0 Å². The number of hydrogen-bond donors (Lipinski definition) is 2. The molecule has 3 aromatic carbocycles. The van der Waals surface area contributed by atoms with E-state index >= 15 is 0 Å². The third-order valence-corrected chi connectivity index (χ3v) is 4.32. The van der Waals surface area contributed by atoms with Crippen LogP contribution in [-0.2, 0) is 0 Å². The summed E-state index contributed by atoms with van der Waals surface area (Å²) in [7, 11) is 0. The molecule has 2 amide bonds. The second kappa shape index (κ2) is 8.20. The van der Waals surface area contributed by atoms with Crippen LogP contribution in [0, 0.1) is 5.82 Å². The molecule has 0 radical (unpaired) electrons. The molecule has 7 heteroatoms. The summed E-state index contributed by atoms with van der Waals surface area (Å²) >= 11 is 11.6. The van der Waals surface area contributed by atoms with Crippen molar-refractivity contribution in [3.63, 3.8) is 0 Å². The van der Waals surface area contributed by atoms with Crippen molar-refractivity contribution in [2.75, 3.05) is 10.6 Å². The van der Waals surface area contributed by atoms with Crippen LogP contribution in [0.1, 0.15) is 20.7 Å². The summed E-state index contributed by atoms with van der Waals surface area (Å²) in [6.07, 6.45) is 0. The Morgan fingerprint density at radius 1 is 0.741 bits per heavy atom. The SMILES string of the molecule is O=C(Nc1ccccc1NC(=O)c1cc(F)c(Cl)cc1Cl)c1ccccc1. The Bertz CT molecular complexity index is 1010. The van der Waals surface area contributed by atoms with Crippen LogP contribution in [0.2, 0.25) is 10.0 Å². The average Bonchev–Trinajstić information content (AvgIpc) is 2.66. The number of halogens is 3. The molecule has 0 bridgehead atoms. The number of nitrogens with one attached hydrogen (secondary N) is 2. The minimum atomic E-state index is -0.753. The smallest absolute Gasteiger partial charge is 0.257 e. The minimum Gasteiger partial charge on any atom is -0.320 e. The molecule has 136 valence electrons. The largest absolute Gasteiger partial charge is 0.320 e. The molecule has 0 aliphatic carbocycles. The maximum Gasteiger partial charge on any atom is 0.257 e. The van der Waals surface area contributed by atoms with Crippen molar-refractivity contribution < 1.29 is 14.0 Å². The van der Waals surface area contributed by atoms with Crippen molar-refractivity contribution in [3.8, 4) is 0 Å². The number of amides is 2. The van der Waals surface area contributed by atoms with Gasteiger partial charge in [0.1, 0.15) is 5.82 Å². The van der Waals surface area contributed by atoms with Gasteiger partial charge in [0.15, 0.2) is 0 Å². The van der Waals surface area contributed by atoms with Gasteiger partial charge < -0.3 is 10.6 Å². The molecule has 0 aromatic heterocycles. The number of para-hydroxylation sites is 2. The van der Waals surface area contributed by atoms with Crippen molar-refractivity contribution in [3.05, 3.63) is 93.7 Å². The Kier molecular flexibility index (Phi) is 5.74. The monoisotopic (exact) mass is 402 g/mol. The lowest BCUT2D eigenvalue weighted by molar-refractivity contribution is 0.101. The molecule has 0 spiro atoms. The zero-order valence-corrected chi connectivity index (χ0v) is 15.3. The van der Waals surface area contributed by atoms with Gasteiger partial charge in [0.25, 0.3) is 11.8 Å². The van der Waals surface area contributed by atoms with Gasteiger partial charge in [-0.2, -0.15) is 0 Å². The quantitative estimate of drug-likeness (QED) is 0.554. The molecule has 0 aliphatic heterocycles. The lowest BCUT2D eigenvalue weighted by Gasteiger charge is -2.13. The highest BCUT2D eigenvalue weighted by Crippen LogP contribution is 2.27. The summed E-state index contributed by atoms with van der Waals surface area (Å²) in [4.78, 5) is 24.8. The average molecular weight is 403 g/mol. The summed E-state index contributed by atoms with van der Waals surface area (Å²) in [5, 5.41) is 5.20. The van der Waals surface area contributed by atoms with Crippen LogP contribution in [0.3, 0.4) is 0 Å². The number of hydrogen-bond acceptors (Lipinski definition) is 2. The third-order valence-electron chi connectivity index (χ3n) is 3.71. The Balaban J connectivity index is 1.83. The molecule has 0 saturated heterocycles. The zero-order valence-electron chi connectivity index (χ0n) is 13.8. The molecule has 3 rings (SSSR count). The standard InChI is InChI=1S/C20H13Cl2FN2O2/c21-14-11-15(22)16(23)10-13(14)20(27)25-18-9-5-4-8-17(18)24-19(26)12-6-2-1-3-7-12/h1-11H,(H,24,26)(H,25,27). The maximum atomic E-state index is 13.7. The van der Waals surface area contributed by atoms with E-state index in [1.165, 1.54) is 0 Å². The van der Waals surface area contributed by atoms with Crippen molar-refractivity contribution in [2.24, 2.45) is 0 Å². The van der Waals surface area contributed by atoms with Crippen molar-refractivity contribution in [2.45, 2.75) is 0 Å². The highest BCUT2D eigenvalue weighted by molar-refractivity contribution is 6.37. The molecule has 0 fully saturated rings. The van der Waals surface area contributed by atoms with E-state index in [0.29, 0.717) is 16.9 Å². The number of benzene rings is 3. The molecule has 0 heterocycles. The minimum absolute atomic E-state index is 0.0182. The number of rotatable bonds is 4. The van der Waals surface area contributed by atoms with E-state index in [-0.39, 0.29) is 21.5 Å². The number of anilines is 2. The normalized spacial score (nSPS) is 10.3. The molecule has 3 aromatic rings. The molecule has 0 saturated carbocycles. The first kappa shape index (κ1) is 18.9. The highest BCUT2D eigenvalue weighted by Gasteiger charge is 2.16. The highest BCUT2D eigenvalue weighted by atomic mass is 35.5. The van der Waals surface area contributed by atoms with Crippen molar-refractivity contribution in [1.82, 2.24) is 0 Å². The summed E-state index contributed by atoms with van der Waals surface area (Å²) in [6.45, 7) is 0. The summed E-state index contributed by atoms with van der Waals surface area (Å²) in [5.74, 6) is -1.71. The lowest BCUT2D eigenvalue weighted by Crippen LogP contribution is -2.17. The Labute approximate surface area is 164 Å². The van der Waals surface area contributed by atoms with Crippen LogP contribution in [-0.4, -0.2) is 11.8 Å². The van der Waals surface area contributed by atoms with Gasteiger partial charge in [-0.25, -0.2) is 4.39 Å². The number of carbonyl (C=O) groups is 2. The topological polar surface area (TPSA) is 58.2 Å². The molecule has 0 aliphatic rings. The predicted octanol–water partition coefficient (Wildman–Crippen LogP) is 5.64. The van der Waals surface area contributed by atoms with E-state index in [0.717, 1.165) is 12.1 Å². The molecule has 0 unspecified atom stereocenters. The second-order valence-corrected chi connectivity index (χ2v) is 6.38. The summed E-state index contributed by atoms with van der Waals surface area (Å²) in [5.41, 5.74) is 1.15. The van der Waals surface area contributed by atoms with Crippen molar-refractivity contribution in [1.29, 1.82) is 0 Å². The fourth-order valence-electron chi connectivity index (χ4n) is 2.37. The van der Waals surface area contributed by atoms with E-state index in [2.05, 4.69) is 10.6 Å². The lowest BCUT2D eigenvalue weighted by atomic mass is 10.1. The molecule has 0 atom stereocenters. The van der Waals surface area contributed by atoms with E-state index in [9.17, 15) is 14.0 Å².